The summed E-state index contributed by atoms with van der Waals surface area (Å²) in [5.41, 5.74) is 5.79. The summed E-state index contributed by atoms with van der Waals surface area (Å²) in [4.78, 5) is 15.7. The van der Waals surface area contributed by atoms with Crippen LogP contribution in [0.4, 0.5) is 5.95 Å². The van der Waals surface area contributed by atoms with Gasteiger partial charge in [0.05, 0.1) is 5.69 Å². The van der Waals surface area contributed by atoms with E-state index in [0.29, 0.717) is 12.5 Å². The molecule has 0 radical (unpaired) electrons. The van der Waals surface area contributed by atoms with Gasteiger partial charge in [0, 0.05) is 49.4 Å². The van der Waals surface area contributed by atoms with Crippen molar-refractivity contribution in [3.63, 3.8) is 0 Å². The van der Waals surface area contributed by atoms with Gasteiger partial charge >= 0.3 is 0 Å². The van der Waals surface area contributed by atoms with Crippen LogP contribution in [0.15, 0.2) is 55.0 Å². The zero-order valence-corrected chi connectivity index (χ0v) is 13.6. The van der Waals surface area contributed by atoms with Gasteiger partial charge in [-0.15, -0.1) is 0 Å². The number of hydrogen-bond donors (Lipinski definition) is 1. The molecule has 24 heavy (non-hydrogen) atoms. The number of pyridine rings is 1. The molecule has 0 aliphatic carbocycles. The largest absolute Gasteiger partial charge is 0.350 e. The average Bonchev–Trinajstić information content (AvgIpc) is 2.76. The fourth-order valence-corrected chi connectivity index (χ4v) is 3.05. The van der Waals surface area contributed by atoms with Gasteiger partial charge in [-0.1, -0.05) is 30.3 Å². The van der Waals surface area contributed by atoms with Gasteiger partial charge in [0.15, 0.2) is 0 Å². The number of rotatable bonds is 3. The number of fused-ring (bicyclic) bond motifs is 3. The molecule has 0 bridgehead atoms. The molecule has 1 aliphatic rings. The van der Waals surface area contributed by atoms with Crippen molar-refractivity contribution < 1.29 is 0 Å². The second-order valence-electron chi connectivity index (χ2n) is 6.11. The summed E-state index contributed by atoms with van der Waals surface area (Å²) < 4.78 is 0. The highest BCUT2D eigenvalue weighted by Gasteiger charge is 2.19. The Morgan fingerprint density at radius 1 is 1.04 bits per heavy atom. The summed E-state index contributed by atoms with van der Waals surface area (Å²) in [6.07, 6.45) is 5.56. The van der Waals surface area contributed by atoms with Gasteiger partial charge in [0.1, 0.15) is 0 Å². The van der Waals surface area contributed by atoms with Crippen molar-refractivity contribution in [3.05, 3.63) is 71.7 Å². The van der Waals surface area contributed by atoms with Crippen molar-refractivity contribution in [2.24, 2.45) is 0 Å². The maximum Gasteiger partial charge on any atom is 0.223 e. The van der Waals surface area contributed by atoms with Crippen LogP contribution in [0, 0.1) is 0 Å². The van der Waals surface area contributed by atoms with E-state index in [9.17, 15) is 0 Å². The molecule has 3 aromatic rings. The molecule has 0 saturated heterocycles. The number of benzene rings is 1. The first kappa shape index (κ1) is 14.8. The first-order valence-corrected chi connectivity index (χ1v) is 8.05. The third-order valence-corrected chi connectivity index (χ3v) is 4.19. The lowest BCUT2D eigenvalue weighted by atomic mass is 10.0. The van der Waals surface area contributed by atoms with E-state index in [4.69, 9.17) is 4.98 Å². The molecule has 1 N–H and O–H groups in total. The molecular formula is C19H19N5. The van der Waals surface area contributed by atoms with Gasteiger partial charge in [0.2, 0.25) is 5.95 Å². The Kier molecular flexibility index (Phi) is 3.92. The minimum atomic E-state index is 0.650. The van der Waals surface area contributed by atoms with Crippen LogP contribution >= 0.6 is 0 Å². The summed E-state index contributed by atoms with van der Waals surface area (Å²) in [6, 6.07) is 12.4. The Labute approximate surface area is 141 Å². The monoisotopic (exact) mass is 317 g/mol. The molecule has 0 unspecified atom stereocenters. The molecule has 5 nitrogen and oxygen atoms in total. The van der Waals surface area contributed by atoms with Crippen LogP contribution in [-0.4, -0.2) is 26.9 Å². The number of aromatic nitrogens is 3. The quantitative estimate of drug-likeness (QED) is 0.804. The highest BCUT2D eigenvalue weighted by molar-refractivity contribution is 5.68. The Morgan fingerprint density at radius 2 is 1.92 bits per heavy atom. The van der Waals surface area contributed by atoms with Crippen LogP contribution in [0.2, 0.25) is 0 Å². The van der Waals surface area contributed by atoms with Crippen molar-refractivity contribution in [3.8, 4) is 11.3 Å². The molecular weight excluding hydrogens is 298 g/mol. The van der Waals surface area contributed by atoms with E-state index in [2.05, 4.69) is 51.5 Å². The molecule has 3 heterocycles. The van der Waals surface area contributed by atoms with E-state index in [0.717, 1.165) is 29.9 Å². The fraction of sp³-hybridized carbons (Fsp3) is 0.211. The molecule has 0 spiro atoms. The van der Waals surface area contributed by atoms with E-state index in [1.165, 1.54) is 11.1 Å². The van der Waals surface area contributed by atoms with E-state index < -0.39 is 0 Å². The molecule has 0 atom stereocenters. The predicted molar refractivity (Wildman–Crippen MR) is 94.2 cm³/mol. The maximum absolute atomic E-state index is 4.79. The molecule has 1 aromatic carbocycles. The minimum absolute atomic E-state index is 0.650. The van der Waals surface area contributed by atoms with Crippen LogP contribution in [0.25, 0.3) is 11.3 Å². The zero-order chi connectivity index (χ0) is 16.4. The molecule has 4 rings (SSSR count). The summed E-state index contributed by atoms with van der Waals surface area (Å²) in [5, 5.41) is 3.30. The van der Waals surface area contributed by atoms with Gasteiger partial charge in [-0.2, -0.15) is 0 Å². The lowest BCUT2D eigenvalue weighted by molar-refractivity contribution is 0.322. The van der Waals surface area contributed by atoms with Crippen molar-refractivity contribution in [2.45, 2.75) is 19.6 Å². The van der Waals surface area contributed by atoms with Gasteiger partial charge in [-0.3, -0.25) is 9.88 Å². The highest BCUT2D eigenvalue weighted by atomic mass is 15.1. The highest BCUT2D eigenvalue weighted by Crippen LogP contribution is 2.30. The zero-order valence-electron chi connectivity index (χ0n) is 13.6. The summed E-state index contributed by atoms with van der Waals surface area (Å²) in [6.45, 7) is 2.44. The molecule has 1 aliphatic heterocycles. The SMILES string of the molecule is CN1Cc2ccccc2-c2nc(NCc3cccnc3)ncc2C1. The maximum atomic E-state index is 4.79. The summed E-state index contributed by atoms with van der Waals surface area (Å²) in [5.74, 6) is 0.650. The lowest BCUT2D eigenvalue weighted by Crippen LogP contribution is -2.16. The van der Waals surface area contributed by atoms with Crippen molar-refractivity contribution >= 4 is 5.95 Å². The number of nitrogens with zero attached hydrogens (tertiary/aromatic N) is 4. The summed E-state index contributed by atoms with van der Waals surface area (Å²) in [7, 11) is 2.13. The number of nitrogens with one attached hydrogen (secondary N) is 1. The van der Waals surface area contributed by atoms with E-state index in [1.807, 2.05) is 24.5 Å². The van der Waals surface area contributed by atoms with Gasteiger partial charge in [-0.05, 0) is 24.2 Å². The Morgan fingerprint density at radius 3 is 2.79 bits per heavy atom. The van der Waals surface area contributed by atoms with E-state index >= 15 is 0 Å². The number of anilines is 1. The van der Waals surface area contributed by atoms with Crippen molar-refractivity contribution in [2.75, 3.05) is 12.4 Å². The third-order valence-electron chi connectivity index (χ3n) is 4.19. The molecule has 0 fully saturated rings. The molecule has 120 valence electrons. The Hall–Kier alpha value is -2.79. The first-order valence-electron chi connectivity index (χ1n) is 8.05. The third kappa shape index (κ3) is 2.98. The van der Waals surface area contributed by atoms with Crippen LogP contribution in [-0.2, 0) is 19.6 Å². The second-order valence-corrected chi connectivity index (χ2v) is 6.11. The lowest BCUT2D eigenvalue weighted by Gasteiger charge is -2.13. The van der Waals surface area contributed by atoms with Crippen LogP contribution in [0.1, 0.15) is 16.7 Å². The Balaban J connectivity index is 1.66. The van der Waals surface area contributed by atoms with Gasteiger partial charge < -0.3 is 5.32 Å². The minimum Gasteiger partial charge on any atom is -0.350 e. The van der Waals surface area contributed by atoms with Gasteiger partial charge in [0.25, 0.3) is 0 Å². The van der Waals surface area contributed by atoms with E-state index in [-0.39, 0.29) is 0 Å². The average molecular weight is 317 g/mol. The fourth-order valence-electron chi connectivity index (χ4n) is 3.05. The Bertz CT molecular complexity index is 847. The van der Waals surface area contributed by atoms with Crippen LogP contribution < -0.4 is 5.32 Å². The molecule has 5 heteroatoms. The first-order chi connectivity index (χ1) is 11.8. The van der Waals surface area contributed by atoms with Gasteiger partial charge in [-0.25, -0.2) is 9.97 Å². The molecule has 0 saturated carbocycles. The summed E-state index contributed by atoms with van der Waals surface area (Å²) >= 11 is 0. The molecule has 2 aromatic heterocycles. The second kappa shape index (κ2) is 6.37. The number of hydrogen-bond acceptors (Lipinski definition) is 5. The standard InChI is InChI=1S/C19H19N5/c1-24-12-15-6-2-3-7-17(15)18-16(13-24)11-22-19(23-18)21-10-14-5-4-8-20-9-14/h2-9,11H,10,12-13H2,1H3,(H,21,22,23). The molecule has 0 amide bonds. The van der Waals surface area contributed by atoms with Crippen molar-refractivity contribution in [1.29, 1.82) is 0 Å². The smallest absolute Gasteiger partial charge is 0.223 e. The van der Waals surface area contributed by atoms with E-state index in [1.54, 1.807) is 6.20 Å². The van der Waals surface area contributed by atoms with Crippen molar-refractivity contribution in [1.82, 2.24) is 19.9 Å². The normalized spacial score (nSPS) is 13.7. The predicted octanol–water partition coefficient (Wildman–Crippen LogP) is 3.10. The van der Waals surface area contributed by atoms with Crippen LogP contribution in [0.5, 0.6) is 0 Å². The van der Waals surface area contributed by atoms with Crippen LogP contribution in [0.3, 0.4) is 0 Å². The topological polar surface area (TPSA) is 53.9 Å².